The predicted molar refractivity (Wildman–Crippen MR) is 96.8 cm³/mol. The van der Waals surface area contributed by atoms with Crippen LogP contribution in [0.4, 0.5) is 5.82 Å². The van der Waals surface area contributed by atoms with E-state index in [4.69, 9.17) is 4.74 Å². The van der Waals surface area contributed by atoms with Crippen LogP contribution in [-0.4, -0.2) is 39.5 Å². The Morgan fingerprint density at radius 3 is 2.72 bits per heavy atom. The zero-order valence-corrected chi connectivity index (χ0v) is 15.4. The molecule has 0 amide bonds. The summed E-state index contributed by atoms with van der Waals surface area (Å²) in [4.78, 5) is 9.19. The summed E-state index contributed by atoms with van der Waals surface area (Å²) in [7, 11) is 0. The fourth-order valence-electron chi connectivity index (χ4n) is 3.66. The van der Waals surface area contributed by atoms with Crippen LogP contribution in [0.5, 0.6) is 0 Å². The van der Waals surface area contributed by atoms with E-state index in [1.165, 1.54) is 18.5 Å². The van der Waals surface area contributed by atoms with Crippen molar-refractivity contribution in [2.24, 2.45) is 5.41 Å². The Balaban J connectivity index is 1.43. The minimum atomic E-state index is 0.304. The van der Waals surface area contributed by atoms with Gasteiger partial charge < -0.3 is 10.1 Å². The van der Waals surface area contributed by atoms with E-state index in [9.17, 15) is 0 Å². The van der Waals surface area contributed by atoms with Crippen LogP contribution in [0.1, 0.15) is 48.1 Å². The van der Waals surface area contributed by atoms with E-state index in [0.717, 1.165) is 55.8 Å². The van der Waals surface area contributed by atoms with Crippen molar-refractivity contribution in [3.8, 4) is 0 Å². The first-order valence-electron chi connectivity index (χ1n) is 9.21. The summed E-state index contributed by atoms with van der Waals surface area (Å²) in [5.41, 5.74) is 3.75. The number of nitrogens with zero attached hydrogens (tertiary/aromatic N) is 4. The zero-order chi connectivity index (χ0) is 17.4. The summed E-state index contributed by atoms with van der Waals surface area (Å²) < 4.78 is 7.65. The van der Waals surface area contributed by atoms with Crippen molar-refractivity contribution in [3.63, 3.8) is 0 Å². The molecule has 1 saturated carbocycles. The van der Waals surface area contributed by atoms with E-state index in [1.807, 2.05) is 6.92 Å². The van der Waals surface area contributed by atoms with E-state index in [1.54, 1.807) is 0 Å². The van der Waals surface area contributed by atoms with Gasteiger partial charge in [0.1, 0.15) is 11.6 Å². The Kier molecular flexibility index (Phi) is 4.23. The van der Waals surface area contributed by atoms with Gasteiger partial charge in [-0.3, -0.25) is 4.68 Å². The Morgan fingerprint density at radius 1 is 1.24 bits per heavy atom. The number of rotatable bonds is 6. The highest BCUT2D eigenvalue weighted by molar-refractivity contribution is 5.38. The van der Waals surface area contributed by atoms with Gasteiger partial charge in [-0.15, -0.1) is 0 Å². The fourth-order valence-corrected chi connectivity index (χ4v) is 3.66. The molecule has 0 bridgehead atoms. The average molecular weight is 341 g/mol. The van der Waals surface area contributed by atoms with Crippen molar-refractivity contribution >= 4 is 5.82 Å². The van der Waals surface area contributed by atoms with Gasteiger partial charge in [0.15, 0.2) is 0 Å². The number of nitrogens with one attached hydrogen (secondary N) is 1. The standard InChI is InChI=1S/C19H27N5O/c1-13-8-14(2)24(23-13)12-19(5-6-19)11-20-18-9-17(21-15(3)22-18)16-4-7-25-10-16/h8-9,16H,4-7,10-12H2,1-3H3,(H,20,21,22). The second-order valence-electron chi connectivity index (χ2n) is 7.72. The first-order chi connectivity index (χ1) is 12.0. The van der Waals surface area contributed by atoms with Crippen LogP contribution in [0, 0.1) is 26.2 Å². The van der Waals surface area contributed by atoms with Gasteiger partial charge in [0.05, 0.1) is 18.0 Å². The first kappa shape index (κ1) is 16.5. The molecule has 1 saturated heterocycles. The molecule has 0 radical (unpaired) electrons. The van der Waals surface area contributed by atoms with E-state index in [2.05, 4.69) is 51.0 Å². The topological polar surface area (TPSA) is 64.9 Å². The molecule has 6 heteroatoms. The monoisotopic (exact) mass is 341 g/mol. The first-order valence-corrected chi connectivity index (χ1v) is 9.21. The summed E-state index contributed by atoms with van der Waals surface area (Å²) >= 11 is 0. The molecule has 4 rings (SSSR count). The lowest BCUT2D eigenvalue weighted by atomic mass is 10.0. The third-order valence-electron chi connectivity index (χ3n) is 5.40. The molecule has 3 heterocycles. The maximum absolute atomic E-state index is 5.50. The smallest absolute Gasteiger partial charge is 0.129 e. The number of hydrogen-bond acceptors (Lipinski definition) is 5. The van der Waals surface area contributed by atoms with Crippen LogP contribution < -0.4 is 5.32 Å². The van der Waals surface area contributed by atoms with E-state index < -0.39 is 0 Å². The molecule has 1 N–H and O–H groups in total. The quantitative estimate of drug-likeness (QED) is 0.875. The fraction of sp³-hybridized carbons (Fsp3) is 0.632. The van der Waals surface area contributed by atoms with Crippen molar-refractivity contribution in [2.75, 3.05) is 25.1 Å². The van der Waals surface area contributed by atoms with Crippen LogP contribution in [0.15, 0.2) is 12.1 Å². The highest BCUT2D eigenvalue weighted by atomic mass is 16.5. The van der Waals surface area contributed by atoms with Gasteiger partial charge in [0, 0.05) is 42.8 Å². The molecule has 2 aromatic heterocycles. The van der Waals surface area contributed by atoms with Gasteiger partial charge in [-0.2, -0.15) is 5.10 Å². The third-order valence-corrected chi connectivity index (χ3v) is 5.40. The Bertz CT molecular complexity index is 759. The van der Waals surface area contributed by atoms with Gasteiger partial charge in [-0.1, -0.05) is 0 Å². The second kappa shape index (κ2) is 6.41. The molecule has 1 aliphatic carbocycles. The second-order valence-corrected chi connectivity index (χ2v) is 7.72. The normalized spacial score (nSPS) is 21.5. The van der Waals surface area contributed by atoms with Crippen molar-refractivity contribution in [3.05, 3.63) is 35.0 Å². The lowest BCUT2D eigenvalue weighted by Gasteiger charge is -2.18. The van der Waals surface area contributed by atoms with Crippen LogP contribution >= 0.6 is 0 Å². The van der Waals surface area contributed by atoms with Crippen LogP contribution in [-0.2, 0) is 11.3 Å². The van der Waals surface area contributed by atoms with E-state index >= 15 is 0 Å². The van der Waals surface area contributed by atoms with Crippen LogP contribution in [0.3, 0.4) is 0 Å². The zero-order valence-electron chi connectivity index (χ0n) is 15.4. The van der Waals surface area contributed by atoms with Gasteiger partial charge in [-0.25, -0.2) is 9.97 Å². The molecule has 25 heavy (non-hydrogen) atoms. The molecule has 2 aliphatic rings. The lowest BCUT2D eigenvalue weighted by Crippen LogP contribution is -2.23. The van der Waals surface area contributed by atoms with Crippen LogP contribution in [0.25, 0.3) is 0 Å². The molecular formula is C19H27N5O. The summed E-state index contributed by atoms with van der Waals surface area (Å²) in [6.07, 6.45) is 3.54. The summed E-state index contributed by atoms with van der Waals surface area (Å²) in [5.74, 6) is 2.18. The molecule has 0 spiro atoms. The molecule has 1 atom stereocenters. The maximum atomic E-state index is 5.50. The van der Waals surface area contributed by atoms with Crippen molar-refractivity contribution in [1.82, 2.24) is 19.7 Å². The predicted octanol–water partition coefficient (Wildman–Crippen LogP) is 2.99. The third kappa shape index (κ3) is 3.68. The average Bonchev–Trinajstić information content (AvgIpc) is 2.98. The summed E-state index contributed by atoms with van der Waals surface area (Å²) in [5, 5.41) is 8.19. The number of anilines is 1. The van der Waals surface area contributed by atoms with E-state index in [-0.39, 0.29) is 0 Å². The van der Waals surface area contributed by atoms with Crippen molar-refractivity contribution in [1.29, 1.82) is 0 Å². The minimum absolute atomic E-state index is 0.304. The van der Waals surface area contributed by atoms with Gasteiger partial charge in [-0.05, 0) is 46.1 Å². The highest BCUT2D eigenvalue weighted by Crippen LogP contribution is 2.47. The van der Waals surface area contributed by atoms with Crippen molar-refractivity contribution in [2.45, 2.75) is 52.5 Å². The number of aromatic nitrogens is 4. The molecular weight excluding hydrogens is 314 g/mol. The van der Waals surface area contributed by atoms with Gasteiger partial charge >= 0.3 is 0 Å². The van der Waals surface area contributed by atoms with Gasteiger partial charge in [0.2, 0.25) is 0 Å². The largest absolute Gasteiger partial charge is 0.381 e. The SMILES string of the molecule is Cc1cc(C)n(CC2(CNc3cc(C4CCOC4)nc(C)n3)CC2)n1. The van der Waals surface area contributed by atoms with Crippen molar-refractivity contribution < 1.29 is 4.74 Å². The Morgan fingerprint density at radius 2 is 2.08 bits per heavy atom. The minimum Gasteiger partial charge on any atom is -0.381 e. The maximum Gasteiger partial charge on any atom is 0.129 e. The number of ether oxygens (including phenoxy) is 1. The van der Waals surface area contributed by atoms with Gasteiger partial charge in [0.25, 0.3) is 0 Å². The lowest BCUT2D eigenvalue weighted by molar-refractivity contribution is 0.193. The van der Waals surface area contributed by atoms with E-state index in [0.29, 0.717) is 11.3 Å². The Labute approximate surface area is 149 Å². The number of aryl methyl sites for hydroxylation is 3. The molecule has 1 aliphatic heterocycles. The molecule has 6 nitrogen and oxygen atoms in total. The summed E-state index contributed by atoms with van der Waals surface area (Å²) in [6.45, 7) is 9.68. The molecule has 1 unspecified atom stereocenters. The molecule has 134 valence electrons. The molecule has 2 fully saturated rings. The number of hydrogen-bond donors (Lipinski definition) is 1. The Hall–Kier alpha value is -1.95. The summed E-state index contributed by atoms with van der Waals surface area (Å²) in [6, 6.07) is 4.25. The van der Waals surface area contributed by atoms with Crippen LogP contribution in [0.2, 0.25) is 0 Å². The molecule has 0 aromatic carbocycles. The molecule has 2 aromatic rings. The highest BCUT2D eigenvalue weighted by Gasteiger charge is 2.43.